The van der Waals surface area contributed by atoms with Crippen molar-refractivity contribution in [2.75, 3.05) is 77.5 Å². The van der Waals surface area contributed by atoms with Crippen LogP contribution in [-0.2, 0) is 4.74 Å². The Morgan fingerprint density at radius 2 is 1.89 bits per heavy atom. The predicted octanol–water partition coefficient (Wildman–Crippen LogP) is 1.27. The fourth-order valence-corrected chi connectivity index (χ4v) is 6.07. The minimum Gasteiger partial charge on any atom is -0.379 e. The molecule has 188 valence electrons. The zero-order valence-electron chi connectivity index (χ0n) is 20.3. The zero-order valence-corrected chi connectivity index (χ0v) is 21.1. The number of aromatic nitrogens is 3. The second-order valence-electron chi connectivity index (χ2n) is 9.32. The lowest BCUT2D eigenvalue weighted by Gasteiger charge is -2.32. The Morgan fingerprint density at radius 1 is 1.11 bits per heavy atom. The summed E-state index contributed by atoms with van der Waals surface area (Å²) in [6.45, 7) is 7.82. The minimum atomic E-state index is -0.359. The number of ether oxygens (including phenoxy) is 1. The van der Waals surface area contributed by atoms with Gasteiger partial charge in [-0.3, -0.25) is 18.9 Å². The molecular weight excluding hydrogens is 478 g/mol. The first-order valence-corrected chi connectivity index (χ1v) is 13.2. The number of hydrogen-bond acceptors (Lipinski definition) is 9. The minimum absolute atomic E-state index is 0.154. The van der Waals surface area contributed by atoms with E-state index < -0.39 is 0 Å². The Morgan fingerprint density at radius 3 is 2.69 bits per heavy atom. The van der Waals surface area contributed by atoms with E-state index in [1.54, 1.807) is 6.20 Å². The third-order valence-electron chi connectivity index (χ3n) is 7.00. The van der Waals surface area contributed by atoms with Crippen molar-refractivity contribution >= 4 is 49.3 Å². The predicted molar refractivity (Wildman–Crippen MR) is 141 cm³/mol. The van der Waals surface area contributed by atoms with Crippen molar-refractivity contribution in [3.8, 4) is 0 Å². The number of benzene rings is 1. The maximum absolute atomic E-state index is 13.7. The number of anilines is 1. The fraction of sp³-hybridized carbons (Fsp3) is 0.440. The molecule has 0 spiro atoms. The van der Waals surface area contributed by atoms with Crippen molar-refractivity contribution in [2.45, 2.75) is 0 Å². The van der Waals surface area contributed by atoms with Crippen LogP contribution in [0.2, 0.25) is 0 Å². The van der Waals surface area contributed by atoms with Gasteiger partial charge in [0.1, 0.15) is 10.4 Å². The van der Waals surface area contributed by atoms with Gasteiger partial charge >= 0.3 is 0 Å². The number of thiazole rings is 1. The molecule has 0 atom stereocenters. The number of piperazine rings is 1. The molecule has 0 radical (unpaired) electrons. The second-order valence-corrected chi connectivity index (χ2v) is 10.4. The zero-order chi connectivity index (χ0) is 24.6. The highest BCUT2D eigenvalue weighted by Crippen LogP contribution is 2.31. The van der Waals surface area contributed by atoms with Gasteiger partial charge in [0.2, 0.25) is 11.4 Å². The smallest absolute Gasteiger partial charge is 0.258 e. The quantitative estimate of drug-likeness (QED) is 0.432. The number of para-hydroxylation sites is 1. The van der Waals surface area contributed by atoms with Crippen molar-refractivity contribution in [1.29, 1.82) is 0 Å². The number of carbonyl (C=O) groups is 1. The highest BCUT2D eigenvalue weighted by molar-refractivity contribution is 7.24. The van der Waals surface area contributed by atoms with Crippen molar-refractivity contribution in [3.05, 3.63) is 46.2 Å². The van der Waals surface area contributed by atoms with E-state index in [2.05, 4.69) is 32.0 Å². The van der Waals surface area contributed by atoms with Crippen molar-refractivity contribution in [1.82, 2.24) is 29.5 Å². The number of carbonyl (C=O) groups excluding carboxylic acids is 1. The molecule has 4 aromatic rings. The Labute approximate surface area is 212 Å². The van der Waals surface area contributed by atoms with Gasteiger partial charge in [-0.25, -0.2) is 4.98 Å². The number of fused-ring (bicyclic) bond motifs is 5. The summed E-state index contributed by atoms with van der Waals surface area (Å²) < 4.78 is 8.34. The molecule has 10 nitrogen and oxygen atoms in total. The van der Waals surface area contributed by atoms with E-state index in [4.69, 9.17) is 9.72 Å². The number of pyridine rings is 1. The van der Waals surface area contributed by atoms with Crippen LogP contribution in [0.3, 0.4) is 0 Å². The molecule has 1 aromatic carbocycles. The topological polar surface area (TPSA) is 95.3 Å². The summed E-state index contributed by atoms with van der Waals surface area (Å²) in [5.74, 6) is 0.254. The SMILES string of the molecule is CN1CCN(c2ncc3c(=O)c(C(=O)NCCN4CCOCC4)c4sc5ccccc5n4c3n2)CC1. The van der Waals surface area contributed by atoms with Gasteiger partial charge < -0.3 is 19.9 Å². The number of nitrogens with one attached hydrogen (secondary N) is 1. The van der Waals surface area contributed by atoms with Gasteiger partial charge in [-0.2, -0.15) is 4.98 Å². The van der Waals surface area contributed by atoms with Gasteiger partial charge in [0, 0.05) is 58.6 Å². The van der Waals surface area contributed by atoms with Gasteiger partial charge in [0.05, 0.1) is 28.8 Å². The lowest BCUT2D eigenvalue weighted by atomic mass is 10.2. The van der Waals surface area contributed by atoms with E-state index in [-0.39, 0.29) is 16.9 Å². The first-order valence-electron chi connectivity index (χ1n) is 12.3. The molecule has 0 unspecified atom stereocenters. The molecule has 1 amide bonds. The van der Waals surface area contributed by atoms with Crippen LogP contribution < -0.4 is 15.6 Å². The van der Waals surface area contributed by atoms with E-state index in [0.717, 1.165) is 56.0 Å². The Bertz CT molecular complexity index is 1490. The monoisotopic (exact) mass is 507 g/mol. The second kappa shape index (κ2) is 9.74. The van der Waals surface area contributed by atoms with Crippen LogP contribution in [0.15, 0.2) is 35.3 Å². The van der Waals surface area contributed by atoms with Crippen LogP contribution in [0.25, 0.3) is 26.1 Å². The molecule has 0 saturated carbocycles. The van der Waals surface area contributed by atoms with E-state index in [1.807, 2.05) is 28.7 Å². The van der Waals surface area contributed by atoms with Gasteiger partial charge in [0.15, 0.2) is 5.65 Å². The third-order valence-corrected chi connectivity index (χ3v) is 8.14. The first kappa shape index (κ1) is 23.3. The molecule has 6 rings (SSSR count). The highest BCUT2D eigenvalue weighted by atomic mass is 32.1. The van der Waals surface area contributed by atoms with Crippen LogP contribution in [0, 0.1) is 0 Å². The Hall–Kier alpha value is -3.12. The van der Waals surface area contributed by atoms with Gasteiger partial charge in [0.25, 0.3) is 5.91 Å². The number of nitrogens with zero attached hydrogens (tertiary/aromatic N) is 6. The van der Waals surface area contributed by atoms with E-state index >= 15 is 0 Å². The van der Waals surface area contributed by atoms with Gasteiger partial charge in [-0.15, -0.1) is 11.3 Å². The molecule has 5 heterocycles. The number of likely N-dealkylation sites (N-methyl/N-ethyl adjacent to an activating group) is 1. The third kappa shape index (κ3) is 4.21. The molecule has 0 aliphatic carbocycles. The number of amides is 1. The summed E-state index contributed by atoms with van der Waals surface area (Å²) in [7, 11) is 2.10. The molecule has 2 fully saturated rings. The standard InChI is InChI=1S/C25H29N7O3S/c1-29-8-10-31(11-9-29)25-27-16-17-21(33)20(23(34)26-6-7-30-12-14-35-15-13-30)24-32(22(17)28-25)18-4-2-3-5-19(18)36-24/h2-5,16H,6-15H2,1H3,(H,26,34). The average molecular weight is 508 g/mol. The van der Waals surface area contributed by atoms with E-state index in [0.29, 0.717) is 41.6 Å². The van der Waals surface area contributed by atoms with Crippen molar-refractivity contribution < 1.29 is 9.53 Å². The largest absolute Gasteiger partial charge is 0.379 e. The van der Waals surface area contributed by atoms with E-state index in [1.165, 1.54) is 11.3 Å². The van der Waals surface area contributed by atoms with Crippen LogP contribution in [0.1, 0.15) is 10.4 Å². The summed E-state index contributed by atoms with van der Waals surface area (Å²) in [5.41, 5.74) is 1.29. The molecule has 1 N–H and O–H groups in total. The van der Waals surface area contributed by atoms with Crippen LogP contribution in [0.5, 0.6) is 0 Å². The summed E-state index contributed by atoms with van der Waals surface area (Å²) in [6.07, 6.45) is 1.59. The maximum Gasteiger partial charge on any atom is 0.258 e. The van der Waals surface area contributed by atoms with Crippen LogP contribution in [0.4, 0.5) is 5.95 Å². The van der Waals surface area contributed by atoms with Gasteiger partial charge in [-0.1, -0.05) is 12.1 Å². The summed E-state index contributed by atoms with van der Waals surface area (Å²) in [5, 5.41) is 3.33. The lowest BCUT2D eigenvalue weighted by molar-refractivity contribution is 0.0383. The Balaban J connectivity index is 1.42. The van der Waals surface area contributed by atoms with Crippen LogP contribution in [-0.4, -0.2) is 103 Å². The summed E-state index contributed by atoms with van der Waals surface area (Å²) in [4.78, 5) is 43.7. The van der Waals surface area contributed by atoms with Gasteiger partial charge in [-0.05, 0) is 19.2 Å². The van der Waals surface area contributed by atoms with E-state index in [9.17, 15) is 9.59 Å². The molecule has 2 saturated heterocycles. The molecule has 3 aromatic heterocycles. The van der Waals surface area contributed by atoms with Crippen LogP contribution >= 0.6 is 11.3 Å². The lowest BCUT2D eigenvalue weighted by Crippen LogP contribution is -2.45. The van der Waals surface area contributed by atoms with Crippen molar-refractivity contribution in [2.24, 2.45) is 0 Å². The molecule has 36 heavy (non-hydrogen) atoms. The maximum atomic E-state index is 13.7. The number of hydrogen-bond donors (Lipinski definition) is 1. The molecule has 2 aliphatic heterocycles. The number of rotatable bonds is 5. The first-order chi connectivity index (χ1) is 17.6. The fourth-order valence-electron chi connectivity index (χ4n) is 4.89. The molecule has 2 aliphatic rings. The molecule has 0 bridgehead atoms. The molecular formula is C25H29N7O3S. The number of morpholine rings is 1. The summed E-state index contributed by atoms with van der Waals surface area (Å²) in [6, 6.07) is 7.93. The normalized spacial score (nSPS) is 17.9. The highest BCUT2D eigenvalue weighted by Gasteiger charge is 2.24. The Kier molecular flexibility index (Phi) is 6.30. The average Bonchev–Trinajstić information content (AvgIpc) is 3.29. The van der Waals surface area contributed by atoms with Crippen molar-refractivity contribution in [3.63, 3.8) is 0 Å². The summed E-state index contributed by atoms with van der Waals surface area (Å²) >= 11 is 1.44. The molecule has 11 heteroatoms.